The molecular weight excluding hydrogens is 356 g/mol. The summed E-state index contributed by atoms with van der Waals surface area (Å²) < 4.78 is 5.69. The number of aromatic nitrogens is 1. The number of rotatable bonds is 5. The number of fused-ring (bicyclic) bond motifs is 1. The van der Waals surface area contributed by atoms with Crippen LogP contribution in [0.1, 0.15) is 34.9 Å². The van der Waals surface area contributed by atoms with Crippen molar-refractivity contribution in [2.24, 2.45) is 5.92 Å². The lowest BCUT2D eigenvalue weighted by Crippen LogP contribution is -2.39. The van der Waals surface area contributed by atoms with Gasteiger partial charge in [0, 0.05) is 41.2 Å². The van der Waals surface area contributed by atoms with E-state index in [0.29, 0.717) is 17.5 Å². The molecule has 28 heavy (non-hydrogen) atoms. The van der Waals surface area contributed by atoms with E-state index in [-0.39, 0.29) is 24.7 Å². The molecule has 3 aromatic rings. The molecular formula is C22H20N2O4. The maximum atomic E-state index is 13.3. The zero-order chi connectivity index (χ0) is 19.5. The number of benzene rings is 2. The number of aromatic amines is 1. The van der Waals surface area contributed by atoms with Crippen molar-refractivity contribution < 1.29 is 19.1 Å². The molecule has 142 valence electrons. The van der Waals surface area contributed by atoms with E-state index < -0.39 is 18.0 Å². The maximum Gasteiger partial charge on any atom is 0.311 e. The summed E-state index contributed by atoms with van der Waals surface area (Å²) in [5, 5.41) is 3.46. The number of Topliss-reactive ketones (excluding diaryl/α,β-unsaturated/α-hetero) is 1. The summed E-state index contributed by atoms with van der Waals surface area (Å²) in [6.07, 6.45) is 1.32. The second kappa shape index (κ2) is 7.68. The van der Waals surface area contributed by atoms with Gasteiger partial charge in [0.25, 0.3) is 0 Å². The monoisotopic (exact) mass is 376 g/mol. The molecule has 6 heteroatoms. The second-order valence-electron chi connectivity index (χ2n) is 6.88. The minimum Gasteiger partial charge on any atom is -0.449 e. The Bertz CT molecular complexity index is 1020. The molecule has 1 aromatic heterocycles. The highest BCUT2D eigenvalue weighted by Crippen LogP contribution is 2.28. The second-order valence-corrected chi connectivity index (χ2v) is 6.88. The summed E-state index contributed by atoms with van der Waals surface area (Å²) in [5.41, 5.74) is 1.94. The van der Waals surface area contributed by atoms with Gasteiger partial charge in [-0.15, -0.1) is 0 Å². The first kappa shape index (κ1) is 18.0. The molecule has 1 fully saturated rings. The first-order valence-corrected chi connectivity index (χ1v) is 9.26. The molecule has 1 aliphatic rings. The molecule has 0 bridgehead atoms. The number of carbonyl (C=O) groups is 3. The molecule has 0 radical (unpaired) electrons. The normalized spacial score (nSPS) is 17.7. The molecule has 1 aliphatic heterocycles. The lowest BCUT2D eigenvalue weighted by atomic mass is 9.97. The van der Waals surface area contributed by atoms with Crippen molar-refractivity contribution in [2.75, 3.05) is 6.54 Å². The van der Waals surface area contributed by atoms with Crippen LogP contribution in [0.15, 0.2) is 60.8 Å². The Hall–Kier alpha value is -3.41. The van der Waals surface area contributed by atoms with Gasteiger partial charge in [0.2, 0.25) is 11.7 Å². The molecule has 0 saturated carbocycles. The van der Waals surface area contributed by atoms with Crippen molar-refractivity contribution in [2.45, 2.75) is 18.9 Å². The molecule has 0 aliphatic carbocycles. The van der Waals surface area contributed by atoms with Gasteiger partial charge in [-0.05, 0) is 12.5 Å². The van der Waals surface area contributed by atoms with Crippen molar-refractivity contribution in [1.29, 1.82) is 0 Å². The number of carbonyl (C=O) groups excluding carboxylic acids is 3. The Balaban J connectivity index is 1.63. The van der Waals surface area contributed by atoms with Gasteiger partial charge in [0.1, 0.15) is 0 Å². The van der Waals surface area contributed by atoms with Gasteiger partial charge < -0.3 is 15.0 Å². The van der Waals surface area contributed by atoms with Crippen LogP contribution in [-0.4, -0.2) is 29.2 Å². The van der Waals surface area contributed by atoms with Crippen LogP contribution in [-0.2, 0) is 14.3 Å². The van der Waals surface area contributed by atoms with E-state index in [1.165, 1.54) is 0 Å². The molecule has 2 aromatic carbocycles. The van der Waals surface area contributed by atoms with Crippen LogP contribution < -0.4 is 5.32 Å². The SMILES string of the molecule is O=C1CCC(C(=O)OC(C(=O)c2c[nH]c3ccccc23)c2ccccc2)CN1. The fraction of sp³-hybridized carbons (Fsp3) is 0.227. The van der Waals surface area contributed by atoms with E-state index in [9.17, 15) is 14.4 Å². The number of amides is 1. The van der Waals surface area contributed by atoms with Crippen LogP contribution in [0.3, 0.4) is 0 Å². The predicted molar refractivity (Wildman–Crippen MR) is 104 cm³/mol. The van der Waals surface area contributed by atoms with Crippen molar-refractivity contribution in [3.05, 3.63) is 71.9 Å². The standard InChI is InChI=1S/C22H20N2O4/c25-19-11-10-15(12-24-19)22(27)28-21(14-6-2-1-3-7-14)20(26)17-13-23-18-9-5-4-8-16(17)18/h1-9,13,15,21,23H,10-12H2,(H,24,25). The first-order chi connectivity index (χ1) is 13.6. The first-order valence-electron chi connectivity index (χ1n) is 9.26. The smallest absolute Gasteiger partial charge is 0.311 e. The summed E-state index contributed by atoms with van der Waals surface area (Å²) in [6, 6.07) is 16.5. The Morgan fingerprint density at radius 2 is 1.79 bits per heavy atom. The lowest BCUT2D eigenvalue weighted by molar-refractivity contribution is -0.153. The van der Waals surface area contributed by atoms with Crippen LogP contribution in [0.2, 0.25) is 0 Å². The Labute approximate surface area is 161 Å². The van der Waals surface area contributed by atoms with Gasteiger partial charge >= 0.3 is 5.97 Å². The Morgan fingerprint density at radius 1 is 1.04 bits per heavy atom. The summed E-state index contributed by atoms with van der Waals surface area (Å²) in [6.45, 7) is 0.237. The number of esters is 1. The fourth-order valence-electron chi connectivity index (χ4n) is 3.46. The van der Waals surface area contributed by atoms with Gasteiger partial charge in [0.05, 0.1) is 5.92 Å². The molecule has 0 spiro atoms. The number of hydrogen-bond acceptors (Lipinski definition) is 4. The molecule has 1 saturated heterocycles. The quantitative estimate of drug-likeness (QED) is 0.529. The van der Waals surface area contributed by atoms with Crippen LogP contribution >= 0.6 is 0 Å². The van der Waals surface area contributed by atoms with Crippen LogP contribution in [0, 0.1) is 5.92 Å². The van der Waals surface area contributed by atoms with Crippen molar-refractivity contribution in [1.82, 2.24) is 10.3 Å². The largest absolute Gasteiger partial charge is 0.449 e. The lowest BCUT2D eigenvalue weighted by Gasteiger charge is -2.24. The van der Waals surface area contributed by atoms with E-state index >= 15 is 0 Å². The van der Waals surface area contributed by atoms with Crippen molar-refractivity contribution in [3.63, 3.8) is 0 Å². The number of piperidine rings is 1. The Morgan fingerprint density at radius 3 is 2.54 bits per heavy atom. The third kappa shape index (κ3) is 3.53. The fourth-order valence-corrected chi connectivity index (χ4v) is 3.46. The average molecular weight is 376 g/mol. The number of nitrogens with one attached hydrogen (secondary N) is 2. The number of ether oxygens (including phenoxy) is 1. The van der Waals surface area contributed by atoms with Gasteiger partial charge in [-0.1, -0.05) is 48.5 Å². The molecule has 4 rings (SSSR count). The molecule has 6 nitrogen and oxygen atoms in total. The highest BCUT2D eigenvalue weighted by molar-refractivity contribution is 6.10. The van der Waals surface area contributed by atoms with Gasteiger partial charge in [-0.2, -0.15) is 0 Å². The van der Waals surface area contributed by atoms with Crippen molar-refractivity contribution >= 4 is 28.6 Å². The zero-order valence-electron chi connectivity index (χ0n) is 15.2. The summed E-state index contributed by atoms with van der Waals surface area (Å²) in [7, 11) is 0. The molecule has 2 unspecified atom stereocenters. The molecule has 2 heterocycles. The summed E-state index contributed by atoms with van der Waals surface area (Å²) >= 11 is 0. The molecule has 1 amide bonds. The van der Waals surface area contributed by atoms with Crippen LogP contribution in [0.5, 0.6) is 0 Å². The van der Waals surface area contributed by atoms with Crippen molar-refractivity contribution in [3.8, 4) is 0 Å². The van der Waals surface area contributed by atoms with Gasteiger partial charge in [-0.25, -0.2) is 0 Å². The number of para-hydroxylation sites is 1. The van der Waals surface area contributed by atoms with Crippen LogP contribution in [0.25, 0.3) is 10.9 Å². The van der Waals surface area contributed by atoms with E-state index in [1.54, 1.807) is 30.5 Å². The zero-order valence-corrected chi connectivity index (χ0v) is 15.2. The Kier molecular flexibility index (Phi) is 4.93. The highest BCUT2D eigenvalue weighted by atomic mass is 16.5. The number of hydrogen-bond donors (Lipinski definition) is 2. The van der Waals surface area contributed by atoms with E-state index in [0.717, 1.165) is 10.9 Å². The minimum absolute atomic E-state index is 0.0708. The summed E-state index contributed by atoms with van der Waals surface area (Å²) in [4.78, 5) is 40.4. The third-order valence-corrected chi connectivity index (χ3v) is 5.03. The number of ketones is 1. The van der Waals surface area contributed by atoms with Gasteiger partial charge in [0.15, 0.2) is 6.10 Å². The predicted octanol–water partition coefficient (Wildman–Crippen LogP) is 3.16. The van der Waals surface area contributed by atoms with Crippen LogP contribution in [0.4, 0.5) is 0 Å². The van der Waals surface area contributed by atoms with E-state index in [2.05, 4.69) is 10.3 Å². The highest BCUT2D eigenvalue weighted by Gasteiger charge is 2.32. The maximum absolute atomic E-state index is 13.3. The average Bonchev–Trinajstić information content (AvgIpc) is 3.17. The number of H-pyrrole nitrogens is 1. The molecule has 2 N–H and O–H groups in total. The van der Waals surface area contributed by atoms with Gasteiger partial charge in [-0.3, -0.25) is 14.4 Å². The summed E-state index contributed by atoms with van der Waals surface area (Å²) in [5.74, 6) is -1.27. The van der Waals surface area contributed by atoms with E-state index in [4.69, 9.17) is 4.74 Å². The third-order valence-electron chi connectivity index (χ3n) is 5.03. The topological polar surface area (TPSA) is 88.3 Å². The molecule has 2 atom stereocenters. The van der Waals surface area contributed by atoms with E-state index in [1.807, 2.05) is 30.3 Å². The minimum atomic E-state index is -1.04.